The Bertz CT molecular complexity index is 444. The molecule has 0 saturated heterocycles. The molecule has 1 N–H and O–H groups in total. The molecule has 2 unspecified atom stereocenters. The van der Waals surface area contributed by atoms with Crippen molar-refractivity contribution in [1.29, 1.82) is 0 Å². The molecule has 0 radical (unpaired) electrons. The minimum absolute atomic E-state index is 0.114. The van der Waals surface area contributed by atoms with E-state index in [2.05, 4.69) is 5.32 Å². The maximum atomic E-state index is 13.0. The maximum absolute atomic E-state index is 13.0. The van der Waals surface area contributed by atoms with Crippen LogP contribution in [-0.2, 0) is 4.79 Å². The maximum Gasteiger partial charge on any atom is 0.233 e. The van der Waals surface area contributed by atoms with Gasteiger partial charge in [-0.2, -0.15) is 0 Å². The third-order valence-corrected chi connectivity index (χ3v) is 3.14. The lowest BCUT2D eigenvalue weighted by Crippen LogP contribution is -2.23. The van der Waals surface area contributed by atoms with Gasteiger partial charge in [0.05, 0.1) is 11.5 Å². The highest BCUT2D eigenvalue weighted by molar-refractivity contribution is 5.97. The standard InChI is InChI=1S/C14H18FNO2/c1-9(2)18-11-6-4-10(5-7-11)16-13(17)14(3)8-12(14)15/h4-7,9,12H,8H2,1-3H3,(H,16,17). The van der Waals surface area contributed by atoms with Gasteiger partial charge < -0.3 is 10.1 Å². The fraction of sp³-hybridized carbons (Fsp3) is 0.500. The van der Waals surface area contributed by atoms with Crippen LogP contribution < -0.4 is 10.1 Å². The normalized spacial score (nSPS) is 25.9. The molecular weight excluding hydrogens is 233 g/mol. The van der Waals surface area contributed by atoms with E-state index in [0.29, 0.717) is 12.1 Å². The van der Waals surface area contributed by atoms with Crippen molar-refractivity contribution in [3.63, 3.8) is 0 Å². The minimum atomic E-state index is -1.01. The van der Waals surface area contributed by atoms with E-state index < -0.39 is 11.6 Å². The number of hydrogen-bond acceptors (Lipinski definition) is 2. The van der Waals surface area contributed by atoms with Crippen LogP contribution in [0.5, 0.6) is 5.75 Å². The molecule has 0 aliphatic heterocycles. The summed E-state index contributed by atoms with van der Waals surface area (Å²) in [4.78, 5) is 11.8. The molecule has 1 aromatic rings. The van der Waals surface area contributed by atoms with Gasteiger partial charge in [0, 0.05) is 5.69 Å². The number of anilines is 1. The van der Waals surface area contributed by atoms with Crippen LogP contribution in [0.25, 0.3) is 0 Å². The zero-order valence-electron chi connectivity index (χ0n) is 10.9. The van der Waals surface area contributed by atoms with Crippen molar-refractivity contribution in [2.75, 3.05) is 5.32 Å². The SMILES string of the molecule is CC(C)Oc1ccc(NC(=O)C2(C)CC2F)cc1. The Morgan fingerprint density at radius 2 is 2.00 bits per heavy atom. The van der Waals surface area contributed by atoms with Crippen LogP contribution in [0.4, 0.5) is 10.1 Å². The lowest BCUT2D eigenvalue weighted by atomic mass is 10.1. The van der Waals surface area contributed by atoms with Gasteiger partial charge >= 0.3 is 0 Å². The molecule has 1 aliphatic carbocycles. The molecule has 1 amide bonds. The second-order valence-electron chi connectivity index (χ2n) is 5.23. The number of alkyl halides is 1. The van der Waals surface area contributed by atoms with E-state index in [4.69, 9.17) is 4.74 Å². The van der Waals surface area contributed by atoms with Crippen LogP contribution in [-0.4, -0.2) is 18.2 Å². The highest BCUT2D eigenvalue weighted by atomic mass is 19.1. The van der Waals surface area contributed by atoms with Crippen LogP contribution in [0.1, 0.15) is 27.2 Å². The number of ether oxygens (including phenoxy) is 1. The second kappa shape index (κ2) is 4.59. The van der Waals surface area contributed by atoms with Gasteiger partial charge in [0.1, 0.15) is 11.9 Å². The Kier molecular flexibility index (Phi) is 3.28. The summed E-state index contributed by atoms with van der Waals surface area (Å²) in [5.74, 6) is 0.497. The third-order valence-electron chi connectivity index (χ3n) is 3.14. The number of hydrogen-bond donors (Lipinski definition) is 1. The zero-order chi connectivity index (χ0) is 13.3. The summed E-state index contributed by atoms with van der Waals surface area (Å²) in [5.41, 5.74) is -0.177. The molecule has 0 bridgehead atoms. The van der Waals surface area contributed by atoms with Crippen molar-refractivity contribution in [1.82, 2.24) is 0 Å². The van der Waals surface area contributed by atoms with Gasteiger partial charge in [0.15, 0.2) is 0 Å². The first kappa shape index (κ1) is 12.9. The second-order valence-corrected chi connectivity index (χ2v) is 5.23. The van der Waals surface area contributed by atoms with Crippen molar-refractivity contribution in [3.8, 4) is 5.75 Å². The summed E-state index contributed by atoms with van der Waals surface area (Å²) < 4.78 is 18.5. The predicted molar refractivity (Wildman–Crippen MR) is 68.5 cm³/mol. The first-order chi connectivity index (χ1) is 8.41. The highest BCUT2D eigenvalue weighted by Gasteiger charge is 2.57. The Morgan fingerprint density at radius 3 is 2.44 bits per heavy atom. The molecule has 4 heteroatoms. The number of rotatable bonds is 4. The first-order valence-corrected chi connectivity index (χ1v) is 6.14. The van der Waals surface area contributed by atoms with E-state index >= 15 is 0 Å². The molecule has 2 rings (SSSR count). The summed E-state index contributed by atoms with van der Waals surface area (Å²) >= 11 is 0. The Balaban J connectivity index is 1.96. The first-order valence-electron chi connectivity index (χ1n) is 6.14. The molecule has 0 aromatic heterocycles. The van der Waals surface area contributed by atoms with Crippen LogP contribution in [0.3, 0.4) is 0 Å². The average molecular weight is 251 g/mol. The van der Waals surface area contributed by atoms with E-state index in [1.807, 2.05) is 13.8 Å². The number of halogens is 1. The molecule has 18 heavy (non-hydrogen) atoms. The Morgan fingerprint density at radius 1 is 1.44 bits per heavy atom. The molecule has 2 atom stereocenters. The van der Waals surface area contributed by atoms with E-state index in [9.17, 15) is 9.18 Å². The highest BCUT2D eigenvalue weighted by Crippen LogP contribution is 2.48. The van der Waals surface area contributed by atoms with Crippen molar-refractivity contribution in [2.24, 2.45) is 5.41 Å². The summed E-state index contributed by atoms with van der Waals surface area (Å²) in [7, 11) is 0. The fourth-order valence-electron chi connectivity index (χ4n) is 1.71. The van der Waals surface area contributed by atoms with Gasteiger partial charge in [0.2, 0.25) is 5.91 Å². The smallest absolute Gasteiger partial charge is 0.233 e. The van der Waals surface area contributed by atoms with E-state index in [0.717, 1.165) is 5.75 Å². The van der Waals surface area contributed by atoms with Crippen molar-refractivity contribution < 1.29 is 13.9 Å². The molecule has 1 saturated carbocycles. The molecule has 1 aromatic carbocycles. The molecule has 1 fully saturated rings. The lowest BCUT2D eigenvalue weighted by molar-refractivity contribution is -0.121. The number of carbonyl (C=O) groups excluding carboxylic acids is 1. The summed E-state index contributed by atoms with van der Waals surface area (Å²) in [6.45, 7) is 5.54. The third kappa shape index (κ3) is 2.63. The lowest BCUT2D eigenvalue weighted by Gasteiger charge is -2.12. The van der Waals surface area contributed by atoms with Gasteiger partial charge in [-0.1, -0.05) is 0 Å². The van der Waals surface area contributed by atoms with Crippen LogP contribution >= 0.6 is 0 Å². The average Bonchev–Trinajstić information content (AvgIpc) is 2.90. The molecule has 98 valence electrons. The number of nitrogens with one attached hydrogen (secondary N) is 1. The van der Waals surface area contributed by atoms with E-state index in [1.165, 1.54) is 0 Å². The van der Waals surface area contributed by atoms with Crippen molar-refractivity contribution in [2.45, 2.75) is 39.5 Å². The molecule has 3 nitrogen and oxygen atoms in total. The van der Waals surface area contributed by atoms with Gasteiger partial charge in [-0.15, -0.1) is 0 Å². The van der Waals surface area contributed by atoms with Crippen LogP contribution in [0.15, 0.2) is 24.3 Å². The van der Waals surface area contributed by atoms with Crippen LogP contribution in [0, 0.1) is 5.41 Å². The number of benzene rings is 1. The number of amides is 1. The summed E-state index contributed by atoms with van der Waals surface area (Å²) in [6.07, 6.45) is -0.586. The predicted octanol–water partition coefficient (Wildman–Crippen LogP) is 3.16. The van der Waals surface area contributed by atoms with Crippen molar-refractivity contribution in [3.05, 3.63) is 24.3 Å². The molecule has 1 aliphatic rings. The van der Waals surface area contributed by atoms with Gasteiger partial charge in [-0.05, 0) is 51.5 Å². The molecular formula is C14H18FNO2. The summed E-state index contributed by atoms with van der Waals surface area (Å²) in [6, 6.07) is 7.10. The van der Waals surface area contributed by atoms with Gasteiger partial charge in [-0.25, -0.2) is 4.39 Å². The van der Waals surface area contributed by atoms with Crippen LogP contribution in [0.2, 0.25) is 0 Å². The van der Waals surface area contributed by atoms with E-state index in [1.54, 1.807) is 31.2 Å². The zero-order valence-corrected chi connectivity index (χ0v) is 10.9. The van der Waals surface area contributed by atoms with Crippen molar-refractivity contribution >= 4 is 11.6 Å². The molecule has 0 spiro atoms. The fourth-order valence-corrected chi connectivity index (χ4v) is 1.71. The largest absolute Gasteiger partial charge is 0.491 e. The summed E-state index contributed by atoms with van der Waals surface area (Å²) in [5, 5.41) is 2.72. The Hall–Kier alpha value is -1.58. The van der Waals surface area contributed by atoms with Gasteiger partial charge in [-0.3, -0.25) is 4.79 Å². The minimum Gasteiger partial charge on any atom is -0.491 e. The topological polar surface area (TPSA) is 38.3 Å². The quantitative estimate of drug-likeness (QED) is 0.892. The monoisotopic (exact) mass is 251 g/mol. The van der Waals surface area contributed by atoms with Gasteiger partial charge in [0.25, 0.3) is 0 Å². The number of carbonyl (C=O) groups is 1. The molecule has 0 heterocycles. The van der Waals surface area contributed by atoms with E-state index in [-0.39, 0.29) is 12.0 Å². The Labute approximate surface area is 106 Å².